The first-order valence-electron chi connectivity index (χ1n) is 5.66. The Balaban J connectivity index is 2.12. The molecule has 0 unspecified atom stereocenters. The number of benzene rings is 1. The van der Waals surface area contributed by atoms with E-state index >= 15 is 0 Å². The first kappa shape index (κ1) is 12.6. The number of aromatic nitrogens is 6. The van der Waals surface area contributed by atoms with Crippen molar-refractivity contribution in [1.82, 2.24) is 29.7 Å². The monoisotopic (exact) mass is 290 g/mol. The molecule has 3 rings (SSSR count). The lowest BCUT2D eigenvalue weighted by Gasteiger charge is -2.05. The molecule has 8 heteroatoms. The van der Waals surface area contributed by atoms with E-state index in [0.29, 0.717) is 17.0 Å². The molecule has 6 nitrogen and oxygen atoms in total. The van der Waals surface area contributed by atoms with Crippen LogP contribution in [0.25, 0.3) is 17.3 Å². The summed E-state index contributed by atoms with van der Waals surface area (Å²) in [5, 5.41) is 3.96. The number of aryl methyl sites for hydroxylation is 1. The van der Waals surface area contributed by atoms with Crippen molar-refractivity contribution in [3.8, 4) is 17.3 Å². The maximum atomic E-state index is 13.3. The van der Waals surface area contributed by atoms with Crippen LogP contribution in [0.4, 0.5) is 4.39 Å². The normalized spacial score (nSPS) is 10.8. The molecule has 20 heavy (non-hydrogen) atoms. The molecule has 0 atom stereocenters. The fraction of sp³-hybridized carbons (Fsp3) is 0.0833. The molecular formula is C12H8ClFN6. The number of nitrogens with zero attached hydrogens (tertiary/aromatic N) is 6. The predicted octanol–water partition coefficient (Wildman–Crippen LogP) is 2.22. The summed E-state index contributed by atoms with van der Waals surface area (Å²) in [6.07, 6.45) is 2.81. The van der Waals surface area contributed by atoms with Crippen LogP contribution in [0.3, 0.4) is 0 Å². The van der Waals surface area contributed by atoms with Crippen molar-refractivity contribution >= 4 is 11.6 Å². The average molecular weight is 291 g/mol. The van der Waals surface area contributed by atoms with Gasteiger partial charge < -0.3 is 0 Å². The molecule has 1 aromatic carbocycles. The summed E-state index contributed by atoms with van der Waals surface area (Å²) in [6, 6.07) is 4.59. The minimum atomic E-state index is -0.287. The van der Waals surface area contributed by atoms with Crippen LogP contribution in [0.15, 0.2) is 30.9 Å². The number of hydrogen-bond donors (Lipinski definition) is 0. The van der Waals surface area contributed by atoms with Gasteiger partial charge in [-0.05, 0) is 42.3 Å². The average Bonchev–Trinajstić information content (AvgIpc) is 2.95. The largest absolute Gasteiger partial charge is 0.256 e. The van der Waals surface area contributed by atoms with Crippen molar-refractivity contribution < 1.29 is 4.39 Å². The lowest BCUT2D eigenvalue weighted by Crippen LogP contribution is -2.05. The van der Waals surface area contributed by atoms with E-state index in [2.05, 4.69) is 25.0 Å². The van der Waals surface area contributed by atoms with Crippen LogP contribution in [0.5, 0.6) is 0 Å². The van der Waals surface area contributed by atoms with Crippen LogP contribution in [-0.4, -0.2) is 29.7 Å². The Morgan fingerprint density at radius 3 is 2.75 bits per heavy atom. The van der Waals surface area contributed by atoms with Gasteiger partial charge in [-0.25, -0.2) is 9.37 Å². The number of hydrogen-bond acceptors (Lipinski definition) is 5. The van der Waals surface area contributed by atoms with Gasteiger partial charge in [-0.1, -0.05) is 0 Å². The standard InChI is InChI=1S/C12H8ClFN6/c1-7-4-8(2-3-9(7)14)10-17-11(13)19-12(18-10)20-6-15-5-16-20/h2-6H,1H3. The lowest BCUT2D eigenvalue weighted by molar-refractivity contribution is 0.618. The quantitative estimate of drug-likeness (QED) is 0.724. The van der Waals surface area contributed by atoms with Crippen LogP contribution < -0.4 is 0 Å². The van der Waals surface area contributed by atoms with E-state index in [4.69, 9.17) is 11.6 Å². The third-order valence-corrected chi connectivity index (χ3v) is 2.81. The van der Waals surface area contributed by atoms with Crippen molar-refractivity contribution in [1.29, 1.82) is 0 Å². The summed E-state index contributed by atoms with van der Waals surface area (Å²) in [6.45, 7) is 1.67. The van der Waals surface area contributed by atoms with Crippen LogP contribution >= 0.6 is 11.6 Å². The van der Waals surface area contributed by atoms with Gasteiger partial charge in [0.25, 0.3) is 5.95 Å². The molecule has 0 amide bonds. The molecule has 0 fully saturated rings. The fourth-order valence-corrected chi connectivity index (χ4v) is 1.82. The Hall–Kier alpha value is -2.41. The molecule has 0 aliphatic rings. The summed E-state index contributed by atoms with van der Waals surface area (Å²) in [4.78, 5) is 16.1. The van der Waals surface area contributed by atoms with Crippen LogP contribution in [0.1, 0.15) is 5.56 Å². The van der Waals surface area contributed by atoms with Gasteiger partial charge in [-0.15, -0.1) is 0 Å². The van der Waals surface area contributed by atoms with Gasteiger partial charge >= 0.3 is 0 Å². The van der Waals surface area contributed by atoms with Gasteiger partial charge in [0.15, 0.2) is 5.82 Å². The van der Waals surface area contributed by atoms with Crippen LogP contribution in [0.2, 0.25) is 5.28 Å². The molecule has 3 aromatic rings. The van der Waals surface area contributed by atoms with E-state index < -0.39 is 0 Å². The molecular weight excluding hydrogens is 283 g/mol. The highest BCUT2D eigenvalue weighted by Gasteiger charge is 2.10. The van der Waals surface area contributed by atoms with Crippen molar-refractivity contribution in [2.75, 3.05) is 0 Å². The number of rotatable bonds is 2. The van der Waals surface area contributed by atoms with E-state index in [1.165, 1.54) is 23.4 Å². The lowest BCUT2D eigenvalue weighted by atomic mass is 10.1. The predicted molar refractivity (Wildman–Crippen MR) is 69.9 cm³/mol. The second kappa shape index (κ2) is 4.93. The van der Waals surface area contributed by atoms with E-state index in [-0.39, 0.29) is 17.0 Å². The highest BCUT2D eigenvalue weighted by Crippen LogP contribution is 2.20. The fourth-order valence-electron chi connectivity index (χ4n) is 1.67. The van der Waals surface area contributed by atoms with Gasteiger partial charge in [-0.2, -0.15) is 24.7 Å². The van der Waals surface area contributed by atoms with Crippen LogP contribution in [-0.2, 0) is 0 Å². The first-order valence-corrected chi connectivity index (χ1v) is 6.04. The minimum Gasteiger partial charge on any atom is -0.223 e. The zero-order valence-electron chi connectivity index (χ0n) is 10.3. The molecule has 0 bridgehead atoms. The number of halogens is 2. The zero-order chi connectivity index (χ0) is 14.1. The molecule has 0 saturated carbocycles. The summed E-state index contributed by atoms with van der Waals surface area (Å²) in [5.41, 5.74) is 1.15. The Labute approximate surface area is 118 Å². The Kier molecular flexibility index (Phi) is 3.11. The van der Waals surface area contributed by atoms with E-state index in [0.717, 1.165) is 0 Å². The zero-order valence-corrected chi connectivity index (χ0v) is 11.1. The molecule has 2 heterocycles. The molecule has 0 N–H and O–H groups in total. The molecule has 100 valence electrons. The maximum Gasteiger partial charge on any atom is 0.256 e. The van der Waals surface area contributed by atoms with E-state index in [1.54, 1.807) is 19.1 Å². The summed E-state index contributed by atoms with van der Waals surface area (Å²) < 4.78 is 14.7. The second-order valence-electron chi connectivity index (χ2n) is 4.03. The molecule has 0 radical (unpaired) electrons. The SMILES string of the molecule is Cc1cc(-c2nc(Cl)nc(-n3cncn3)n2)ccc1F. The minimum absolute atomic E-state index is 0.0301. The Morgan fingerprint density at radius 1 is 1.20 bits per heavy atom. The first-order chi connectivity index (χ1) is 9.63. The maximum absolute atomic E-state index is 13.3. The van der Waals surface area contributed by atoms with Gasteiger partial charge in [0.05, 0.1) is 0 Å². The van der Waals surface area contributed by atoms with Crippen molar-refractivity contribution in [2.24, 2.45) is 0 Å². The van der Waals surface area contributed by atoms with Gasteiger partial charge in [0.2, 0.25) is 5.28 Å². The van der Waals surface area contributed by atoms with Crippen LogP contribution in [0, 0.1) is 12.7 Å². The Bertz CT molecular complexity index is 759. The second-order valence-corrected chi connectivity index (χ2v) is 4.37. The molecule has 0 aliphatic heterocycles. The van der Waals surface area contributed by atoms with Crippen molar-refractivity contribution in [2.45, 2.75) is 6.92 Å². The smallest absolute Gasteiger partial charge is 0.223 e. The summed E-state index contributed by atoms with van der Waals surface area (Å²) >= 11 is 5.89. The third kappa shape index (κ3) is 2.35. The van der Waals surface area contributed by atoms with Gasteiger partial charge in [0, 0.05) is 5.56 Å². The molecule has 0 spiro atoms. The summed E-state index contributed by atoms with van der Waals surface area (Å²) in [5.74, 6) is 0.309. The highest BCUT2D eigenvalue weighted by molar-refractivity contribution is 6.28. The van der Waals surface area contributed by atoms with Gasteiger partial charge in [-0.3, -0.25) is 0 Å². The molecule has 0 saturated heterocycles. The highest BCUT2D eigenvalue weighted by atomic mass is 35.5. The van der Waals surface area contributed by atoms with Crippen molar-refractivity contribution in [3.63, 3.8) is 0 Å². The van der Waals surface area contributed by atoms with Crippen molar-refractivity contribution in [3.05, 3.63) is 47.5 Å². The van der Waals surface area contributed by atoms with Gasteiger partial charge in [0.1, 0.15) is 18.5 Å². The topological polar surface area (TPSA) is 69.4 Å². The van der Waals surface area contributed by atoms with E-state index in [9.17, 15) is 4.39 Å². The van der Waals surface area contributed by atoms with E-state index in [1.807, 2.05) is 0 Å². The molecule has 2 aromatic heterocycles. The molecule has 0 aliphatic carbocycles. The summed E-state index contributed by atoms with van der Waals surface area (Å²) in [7, 11) is 0. The Morgan fingerprint density at radius 2 is 2.05 bits per heavy atom. The third-order valence-electron chi connectivity index (χ3n) is 2.64.